The molecule has 0 saturated carbocycles. The number of ether oxygens (including phenoxy) is 1. The smallest absolute Gasteiger partial charge is 0.352 e. The van der Waals surface area contributed by atoms with Gasteiger partial charge >= 0.3 is 5.97 Å². The standard InChI is InChI=1S/C12H14Cl3NO6S/c1-3-22-11(5-12(13,14)15)9(19)16-7(8(17)18)6(2)4-23(20,21)10(11)16/h10H,3-5H2,1-2H3,(H,17,18)/t10-,11-/m0/s1. The van der Waals surface area contributed by atoms with Crippen molar-refractivity contribution in [1.82, 2.24) is 4.90 Å². The number of halogens is 3. The van der Waals surface area contributed by atoms with E-state index < -0.39 is 48.7 Å². The molecule has 1 saturated heterocycles. The number of amides is 1. The number of nitrogens with zero attached hydrogens (tertiary/aromatic N) is 1. The van der Waals surface area contributed by atoms with Crippen LogP contribution in [0.4, 0.5) is 0 Å². The zero-order valence-corrected chi connectivity index (χ0v) is 15.3. The predicted molar refractivity (Wildman–Crippen MR) is 84.0 cm³/mol. The van der Waals surface area contributed by atoms with E-state index in [9.17, 15) is 23.1 Å². The Morgan fingerprint density at radius 1 is 1.48 bits per heavy atom. The highest BCUT2D eigenvalue weighted by Crippen LogP contribution is 2.51. The number of β-lactam (4-membered cyclic amide) rings is 1. The summed E-state index contributed by atoms with van der Waals surface area (Å²) in [5, 5.41) is 7.77. The molecule has 0 aromatic heterocycles. The monoisotopic (exact) mass is 405 g/mol. The first kappa shape index (κ1) is 18.8. The molecule has 0 aliphatic carbocycles. The number of alkyl halides is 3. The molecule has 1 amide bonds. The van der Waals surface area contributed by atoms with Crippen LogP contribution in [-0.4, -0.2) is 57.4 Å². The molecule has 1 N–H and O–H groups in total. The summed E-state index contributed by atoms with van der Waals surface area (Å²) < 4.78 is 28.5. The van der Waals surface area contributed by atoms with Gasteiger partial charge < -0.3 is 9.84 Å². The Balaban J connectivity index is 2.60. The van der Waals surface area contributed by atoms with Crippen molar-refractivity contribution in [2.45, 2.75) is 35.0 Å². The first-order valence-electron chi connectivity index (χ1n) is 6.56. The van der Waals surface area contributed by atoms with Crippen molar-refractivity contribution in [1.29, 1.82) is 0 Å². The number of fused-ring (bicyclic) bond motifs is 1. The third kappa shape index (κ3) is 2.95. The van der Waals surface area contributed by atoms with Gasteiger partial charge in [-0.05, 0) is 19.4 Å². The summed E-state index contributed by atoms with van der Waals surface area (Å²) >= 11 is 17.2. The average molecular weight is 407 g/mol. The molecule has 0 bridgehead atoms. The Hall–Kier alpha value is -0.540. The molecule has 1 fully saturated rings. The second kappa shape index (κ2) is 5.77. The van der Waals surface area contributed by atoms with Crippen molar-refractivity contribution in [2.75, 3.05) is 12.4 Å². The maximum absolute atomic E-state index is 12.6. The number of carbonyl (C=O) groups is 2. The van der Waals surface area contributed by atoms with Gasteiger partial charge in [0.25, 0.3) is 5.91 Å². The fourth-order valence-electron chi connectivity index (χ4n) is 3.07. The van der Waals surface area contributed by atoms with E-state index in [1.165, 1.54) is 6.92 Å². The minimum atomic E-state index is -3.89. The highest BCUT2D eigenvalue weighted by molar-refractivity contribution is 7.92. The van der Waals surface area contributed by atoms with Crippen LogP contribution in [0.25, 0.3) is 0 Å². The SMILES string of the molecule is CCO[C@@]1(CC(Cl)(Cl)Cl)C(=O)N2C(C(=O)O)=C(C)CS(=O)(=O)[C@H]21. The quantitative estimate of drug-likeness (QED) is 0.560. The second-order valence-electron chi connectivity index (χ2n) is 5.38. The van der Waals surface area contributed by atoms with E-state index in [0.717, 1.165) is 0 Å². The first-order valence-corrected chi connectivity index (χ1v) is 9.41. The molecule has 2 rings (SSSR count). The largest absolute Gasteiger partial charge is 0.477 e. The molecule has 0 radical (unpaired) electrons. The Morgan fingerprint density at radius 3 is 2.48 bits per heavy atom. The topological polar surface area (TPSA) is 101 Å². The lowest BCUT2D eigenvalue weighted by atomic mass is 9.87. The Kier molecular flexibility index (Phi) is 4.71. The molecule has 0 aromatic carbocycles. The molecular weight excluding hydrogens is 393 g/mol. The average Bonchev–Trinajstić information content (AvgIpc) is 2.33. The molecule has 2 aliphatic heterocycles. The predicted octanol–water partition coefficient (Wildman–Crippen LogP) is 1.48. The molecular formula is C12H14Cl3NO6S. The van der Waals surface area contributed by atoms with E-state index in [1.807, 2.05) is 0 Å². The number of carbonyl (C=O) groups excluding carboxylic acids is 1. The van der Waals surface area contributed by atoms with E-state index in [2.05, 4.69) is 0 Å². The van der Waals surface area contributed by atoms with Gasteiger partial charge in [0, 0.05) is 13.0 Å². The number of carboxylic acids is 1. The van der Waals surface area contributed by atoms with Gasteiger partial charge in [-0.3, -0.25) is 9.69 Å². The van der Waals surface area contributed by atoms with Crippen LogP contribution < -0.4 is 0 Å². The van der Waals surface area contributed by atoms with Gasteiger partial charge in [0.1, 0.15) is 5.70 Å². The second-order valence-corrected chi connectivity index (χ2v) is 9.96. The molecule has 7 nitrogen and oxygen atoms in total. The van der Waals surface area contributed by atoms with Crippen molar-refractivity contribution < 1.29 is 27.9 Å². The minimum absolute atomic E-state index is 0.00253. The minimum Gasteiger partial charge on any atom is -0.477 e. The summed E-state index contributed by atoms with van der Waals surface area (Å²) in [6.45, 7) is 2.91. The van der Waals surface area contributed by atoms with Crippen molar-refractivity contribution >= 4 is 56.5 Å². The molecule has 0 unspecified atom stereocenters. The third-order valence-corrected chi connectivity index (χ3v) is 6.19. The van der Waals surface area contributed by atoms with Gasteiger partial charge in [-0.15, -0.1) is 0 Å². The first-order chi connectivity index (χ1) is 10.4. The Labute approximate surface area is 148 Å². The van der Waals surface area contributed by atoms with Gasteiger partial charge in [0.05, 0.1) is 5.75 Å². The number of hydrogen-bond donors (Lipinski definition) is 1. The summed E-state index contributed by atoms with van der Waals surface area (Å²) in [5.74, 6) is -2.73. The van der Waals surface area contributed by atoms with E-state index in [0.29, 0.717) is 4.90 Å². The molecule has 11 heteroatoms. The summed E-state index contributed by atoms with van der Waals surface area (Å²) in [6.07, 6.45) is -0.496. The van der Waals surface area contributed by atoms with E-state index in [-0.39, 0.29) is 17.9 Å². The van der Waals surface area contributed by atoms with Crippen LogP contribution in [0.5, 0.6) is 0 Å². The number of hydrogen-bond acceptors (Lipinski definition) is 5. The summed E-state index contributed by atoms with van der Waals surface area (Å²) in [7, 11) is -3.89. The van der Waals surface area contributed by atoms with Crippen LogP contribution >= 0.6 is 34.8 Å². The van der Waals surface area contributed by atoms with Crippen LogP contribution in [-0.2, 0) is 24.2 Å². The van der Waals surface area contributed by atoms with Crippen LogP contribution in [0.2, 0.25) is 0 Å². The fourth-order valence-corrected chi connectivity index (χ4v) is 5.92. The Bertz CT molecular complexity index is 698. The maximum atomic E-state index is 12.6. The molecule has 2 heterocycles. The van der Waals surface area contributed by atoms with Gasteiger partial charge in [0.2, 0.25) is 0 Å². The number of sulfone groups is 1. The van der Waals surface area contributed by atoms with Crippen molar-refractivity contribution in [3.05, 3.63) is 11.3 Å². The molecule has 2 aliphatic rings. The number of carboxylic acid groups (broad SMARTS) is 1. The normalized spacial score (nSPS) is 30.0. The fraction of sp³-hybridized carbons (Fsp3) is 0.667. The third-order valence-electron chi connectivity index (χ3n) is 3.68. The van der Waals surface area contributed by atoms with E-state index in [4.69, 9.17) is 39.5 Å². The van der Waals surface area contributed by atoms with Gasteiger partial charge in [-0.2, -0.15) is 0 Å². The molecule has 130 valence electrons. The van der Waals surface area contributed by atoms with Gasteiger partial charge in [0.15, 0.2) is 24.6 Å². The maximum Gasteiger partial charge on any atom is 0.352 e. The molecule has 23 heavy (non-hydrogen) atoms. The van der Waals surface area contributed by atoms with Crippen LogP contribution in [0, 0.1) is 0 Å². The van der Waals surface area contributed by atoms with Crippen molar-refractivity contribution in [3.8, 4) is 0 Å². The highest BCUT2D eigenvalue weighted by Gasteiger charge is 2.71. The van der Waals surface area contributed by atoms with Crippen molar-refractivity contribution in [2.24, 2.45) is 0 Å². The van der Waals surface area contributed by atoms with E-state index >= 15 is 0 Å². The summed E-state index contributed by atoms with van der Waals surface area (Å²) in [6, 6.07) is 0. The molecule has 2 atom stereocenters. The number of aliphatic carboxylic acids is 1. The lowest BCUT2D eigenvalue weighted by Gasteiger charge is -2.56. The highest BCUT2D eigenvalue weighted by atomic mass is 35.6. The molecule has 0 aromatic rings. The lowest BCUT2D eigenvalue weighted by Crippen LogP contribution is -2.79. The van der Waals surface area contributed by atoms with Crippen LogP contribution in [0.3, 0.4) is 0 Å². The van der Waals surface area contributed by atoms with Crippen molar-refractivity contribution in [3.63, 3.8) is 0 Å². The Morgan fingerprint density at radius 2 is 2.04 bits per heavy atom. The van der Waals surface area contributed by atoms with Gasteiger partial charge in [-0.1, -0.05) is 34.8 Å². The van der Waals surface area contributed by atoms with E-state index in [1.54, 1.807) is 6.92 Å². The zero-order chi connectivity index (χ0) is 17.8. The van der Waals surface area contributed by atoms with Gasteiger partial charge in [-0.25, -0.2) is 13.2 Å². The lowest BCUT2D eigenvalue weighted by molar-refractivity contribution is -0.191. The van der Waals surface area contributed by atoms with Crippen LogP contribution in [0.15, 0.2) is 11.3 Å². The van der Waals surface area contributed by atoms with Crippen LogP contribution in [0.1, 0.15) is 20.3 Å². The zero-order valence-electron chi connectivity index (χ0n) is 12.2. The number of rotatable bonds is 4. The summed E-state index contributed by atoms with van der Waals surface area (Å²) in [5.41, 5.74) is -2.20. The summed E-state index contributed by atoms with van der Waals surface area (Å²) in [4.78, 5) is 24.7. The molecule has 0 spiro atoms.